The predicted molar refractivity (Wildman–Crippen MR) is 75.4 cm³/mol. The number of anilines is 1. The lowest BCUT2D eigenvalue weighted by Gasteiger charge is -2.12. The first kappa shape index (κ1) is 13.0. The smallest absolute Gasteiger partial charge is 0.248 e. The van der Waals surface area contributed by atoms with Crippen LogP contribution < -0.4 is 16.2 Å². The van der Waals surface area contributed by atoms with Gasteiger partial charge in [0.1, 0.15) is 5.75 Å². The standard InChI is InChI=1S/C15H16N2O2/c1-9-3-4-10(2)13(7-9)19-14-8-11(15(17)18)5-6-12(14)16/h3-8H,16H2,1-2H3,(H2,17,18). The number of amides is 1. The molecule has 0 aliphatic heterocycles. The second-order valence-electron chi connectivity index (χ2n) is 4.49. The molecule has 4 N–H and O–H groups in total. The van der Waals surface area contributed by atoms with Gasteiger partial charge >= 0.3 is 0 Å². The number of ether oxygens (including phenoxy) is 1. The Kier molecular flexibility index (Phi) is 3.42. The third-order valence-electron chi connectivity index (χ3n) is 2.86. The van der Waals surface area contributed by atoms with Crippen molar-refractivity contribution < 1.29 is 9.53 Å². The Balaban J connectivity index is 2.40. The summed E-state index contributed by atoms with van der Waals surface area (Å²) in [6.45, 7) is 3.93. The summed E-state index contributed by atoms with van der Waals surface area (Å²) in [6, 6.07) is 10.6. The molecule has 4 heteroatoms. The summed E-state index contributed by atoms with van der Waals surface area (Å²) in [5, 5.41) is 0. The molecule has 0 aliphatic rings. The number of hydrogen-bond donors (Lipinski definition) is 2. The summed E-state index contributed by atoms with van der Waals surface area (Å²) in [5.41, 5.74) is 14.0. The van der Waals surface area contributed by atoms with Crippen molar-refractivity contribution >= 4 is 11.6 Å². The highest BCUT2D eigenvalue weighted by Crippen LogP contribution is 2.30. The van der Waals surface area contributed by atoms with Crippen molar-refractivity contribution in [2.75, 3.05) is 5.73 Å². The van der Waals surface area contributed by atoms with E-state index >= 15 is 0 Å². The zero-order valence-corrected chi connectivity index (χ0v) is 10.9. The minimum atomic E-state index is -0.509. The molecule has 0 saturated carbocycles. The average molecular weight is 256 g/mol. The van der Waals surface area contributed by atoms with Crippen molar-refractivity contribution in [2.24, 2.45) is 5.73 Å². The van der Waals surface area contributed by atoms with Crippen LogP contribution in [0.15, 0.2) is 36.4 Å². The maximum atomic E-state index is 11.2. The van der Waals surface area contributed by atoms with Crippen LogP contribution in [0.5, 0.6) is 11.5 Å². The van der Waals surface area contributed by atoms with Gasteiger partial charge in [0, 0.05) is 5.56 Å². The summed E-state index contributed by atoms with van der Waals surface area (Å²) >= 11 is 0. The number of nitrogens with two attached hydrogens (primary N) is 2. The molecule has 98 valence electrons. The largest absolute Gasteiger partial charge is 0.455 e. The van der Waals surface area contributed by atoms with E-state index in [0.29, 0.717) is 22.7 Å². The first-order chi connectivity index (χ1) is 8.97. The van der Waals surface area contributed by atoms with Crippen LogP contribution in [0.25, 0.3) is 0 Å². The van der Waals surface area contributed by atoms with Gasteiger partial charge in [-0.05, 0) is 49.2 Å². The summed E-state index contributed by atoms with van der Waals surface area (Å²) in [4.78, 5) is 11.2. The topological polar surface area (TPSA) is 78.3 Å². The van der Waals surface area contributed by atoms with Crippen molar-refractivity contribution in [3.05, 3.63) is 53.1 Å². The van der Waals surface area contributed by atoms with Crippen LogP contribution >= 0.6 is 0 Å². The lowest BCUT2D eigenvalue weighted by molar-refractivity contribution is 0.1000. The Morgan fingerprint density at radius 1 is 1.05 bits per heavy atom. The zero-order valence-electron chi connectivity index (χ0n) is 10.9. The highest BCUT2D eigenvalue weighted by Gasteiger charge is 2.09. The molecule has 19 heavy (non-hydrogen) atoms. The van der Waals surface area contributed by atoms with E-state index in [1.54, 1.807) is 18.2 Å². The van der Waals surface area contributed by atoms with Crippen molar-refractivity contribution in [1.29, 1.82) is 0 Å². The molecule has 2 aromatic rings. The number of hydrogen-bond acceptors (Lipinski definition) is 3. The Labute approximate surface area is 112 Å². The van der Waals surface area contributed by atoms with Crippen molar-refractivity contribution in [3.8, 4) is 11.5 Å². The van der Waals surface area contributed by atoms with Crippen LogP contribution in [0, 0.1) is 13.8 Å². The van der Waals surface area contributed by atoms with Gasteiger partial charge in [-0.2, -0.15) is 0 Å². The Morgan fingerprint density at radius 3 is 2.47 bits per heavy atom. The first-order valence-electron chi connectivity index (χ1n) is 5.92. The van der Waals surface area contributed by atoms with E-state index in [9.17, 15) is 4.79 Å². The molecule has 0 aliphatic carbocycles. The number of carbonyl (C=O) groups excluding carboxylic acids is 1. The molecule has 4 nitrogen and oxygen atoms in total. The molecule has 0 fully saturated rings. The van der Waals surface area contributed by atoms with E-state index in [1.807, 2.05) is 32.0 Å². The Hall–Kier alpha value is -2.49. The Morgan fingerprint density at radius 2 is 1.79 bits per heavy atom. The monoisotopic (exact) mass is 256 g/mol. The third-order valence-corrected chi connectivity index (χ3v) is 2.86. The van der Waals surface area contributed by atoms with Gasteiger partial charge in [0.15, 0.2) is 5.75 Å². The highest BCUT2D eigenvalue weighted by atomic mass is 16.5. The van der Waals surface area contributed by atoms with Gasteiger partial charge in [0.2, 0.25) is 5.91 Å². The number of aryl methyl sites for hydroxylation is 2. The maximum Gasteiger partial charge on any atom is 0.248 e. The predicted octanol–water partition coefficient (Wildman–Crippen LogP) is 2.78. The second-order valence-corrected chi connectivity index (χ2v) is 4.49. The fourth-order valence-corrected chi connectivity index (χ4v) is 1.71. The van der Waals surface area contributed by atoms with Gasteiger partial charge in [0.25, 0.3) is 0 Å². The van der Waals surface area contributed by atoms with Crippen molar-refractivity contribution in [2.45, 2.75) is 13.8 Å². The van der Waals surface area contributed by atoms with Gasteiger partial charge in [-0.3, -0.25) is 4.79 Å². The van der Waals surface area contributed by atoms with Crippen LogP contribution in [0.4, 0.5) is 5.69 Å². The molecule has 2 rings (SSSR count). The minimum absolute atomic E-state index is 0.370. The van der Waals surface area contributed by atoms with Crippen molar-refractivity contribution in [1.82, 2.24) is 0 Å². The van der Waals surface area contributed by atoms with Crippen LogP contribution in [0.2, 0.25) is 0 Å². The van der Waals surface area contributed by atoms with E-state index < -0.39 is 5.91 Å². The van der Waals surface area contributed by atoms with Gasteiger partial charge in [-0.15, -0.1) is 0 Å². The summed E-state index contributed by atoms with van der Waals surface area (Å²) < 4.78 is 5.78. The van der Waals surface area contributed by atoms with E-state index in [2.05, 4.69) is 0 Å². The second kappa shape index (κ2) is 5.02. The van der Waals surface area contributed by atoms with E-state index in [-0.39, 0.29) is 0 Å². The lowest BCUT2D eigenvalue weighted by atomic mass is 10.1. The lowest BCUT2D eigenvalue weighted by Crippen LogP contribution is -2.11. The molecule has 0 bridgehead atoms. The number of benzene rings is 2. The summed E-state index contributed by atoms with van der Waals surface area (Å²) in [5.74, 6) is 0.643. The summed E-state index contributed by atoms with van der Waals surface area (Å²) in [6.07, 6.45) is 0. The highest BCUT2D eigenvalue weighted by molar-refractivity contribution is 5.93. The molecule has 1 amide bonds. The zero-order chi connectivity index (χ0) is 14.0. The molecule has 0 heterocycles. The molecule has 2 aromatic carbocycles. The van der Waals surface area contributed by atoms with Crippen LogP contribution in [0.1, 0.15) is 21.5 Å². The molecule has 0 saturated heterocycles. The summed E-state index contributed by atoms with van der Waals surface area (Å²) in [7, 11) is 0. The Bertz CT molecular complexity index is 636. The molecule has 0 atom stereocenters. The van der Waals surface area contributed by atoms with Crippen LogP contribution in [-0.4, -0.2) is 5.91 Å². The quantitative estimate of drug-likeness (QED) is 0.829. The van der Waals surface area contributed by atoms with E-state index in [4.69, 9.17) is 16.2 Å². The van der Waals surface area contributed by atoms with Crippen LogP contribution in [-0.2, 0) is 0 Å². The maximum absolute atomic E-state index is 11.2. The van der Waals surface area contributed by atoms with Crippen LogP contribution in [0.3, 0.4) is 0 Å². The van der Waals surface area contributed by atoms with Gasteiger partial charge in [0.05, 0.1) is 5.69 Å². The van der Waals surface area contributed by atoms with Gasteiger partial charge in [-0.25, -0.2) is 0 Å². The van der Waals surface area contributed by atoms with E-state index in [0.717, 1.165) is 11.1 Å². The molecular formula is C15H16N2O2. The number of nitrogen functional groups attached to an aromatic ring is 1. The molecule has 0 unspecified atom stereocenters. The average Bonchev–Trinajstić information content (AvgIpc) is 2.36. The van der Waals surface area contributed by atoms with E-state index in [1.165, 1.54) is 0 Å². The minimum Gasteiger partial charge on any atom is -0.455 e. The number of rotatable bonds is 3. The normalized spacial score (nSPS) is 10.2. The molecular weight excluding hydrogens is 240 g/mol. The number of primary amides is 1. The molecule has 0 spiro atoms. The van der Waals surface area contributed by atoms with Gasteiger partial charge < -0.3 is 16.2 Å². The molecule has 0 radical (unpaired) electrons. The van der Waals surface area contributed by atoms with Crippen molar-refractivity contribution in [3.63, 3.8) is 0 Å². The molecule has 0 aromatic heterocycles. The SMILES string of the molecule is Cc1ccc(C)c(Oc2cc(C(N)=O)ccc2N)c1. The third kappa shape index (κ3) is 2.85. The number of carbonyl (C=O) groups is 1. The van der Waals surface area contributed by atoms with Gasteiger partial charge in [-0.1, -0.05) is 12.1 Å². The first-order valence-corrected chi connectivity index (χ1v) is 5.92. The fourth-order valence-electron chi connectivity index (χ4n) is 1.71. The fraction of sp³-hybridized carbons (Fsp3) is 0.133.